The van der Waals surface area contributed by atoms with Gasteiger partial charge in [0.25, 0.3) is 5.92 Å². The molecule has 13 heteroatoms. The van der Waals surface area contributed by atoms with Gasteiger partial charge in [0.1, 0.15) is 29.2 Å². The molecule has 3 aromatic rings. The van der Waals surface area contributed by atoms with E-state index in [9.17, 15) is 28.0 Å². The van der Waals surface area contributed by atoms with Gasteiger partial charge in [0.2, 0.25) is 23.6 Å². The number of benzene rings is 2. The molecule has 1 aliphatic carbocycles. The molecule has 7 rings (SSSR count). The maximum absolute atomic E-state index is 14.6. The molecule has 2 saturated heterocycles. The van der Waals surface area contributed by atoms with Crippen LogP contribution in [0.4, 0.5) is 8.78 Å². The number of nitrogens with two attached hydrogens (primary N) is 1. The zero-order valence-electron chi connectivity index (χ0n) is 29.8. The molecule has 11 nitrogen and oxygen atoms in total. The van der Waals surface area contributed by atoms with E-state index in [1.165, 1.54) is 4.90 Å². The first kappa shape index (κ1) is 36.3. The number of hydrogen-bond acceptors (Lipinski definition) is 7. The molecule has 280 valence electrons. The summed E-state index contributed by atoms with van der Waals surface area (Å²) in [5.74, 6) is -5.04. The van der Waals surface area contributed by atoms with Crippen molar-refractivity contribution in [1.82, 2.24) is 20.1 Å². The zero-order valence-corrected chi connectivity index (χ0v) is 29.8. The van der Waals surface area contributed by atoms with Gasteiger partial charge in [-0.15, -0.1) is 0 Å². The molecule has 1 saturated carbocycles. The fourth-order valence-corrected chi connectivity index (χ4v) is 7.95. The fraction of sp³-hybridized carbons (Fsp3) is 0.475. The molecule has 4 heterocycles. The van der Waals surface area contributed by atoms with Crippen molar-refractivity contribution in [3.05, 3.63) is 66.7 Å². The first-order chi connectivity index (χ1) is 25.5. The average Bonchev–Trinajstić information content (AvgIpc) is 3.46. The number of hydrogen-bond donors (Lipinski definition) is 2. The first-order valence-corrected chi connectivity index (χ1v) is 18.4. The number of alkyl halides is 2. The normalized spacial score (nSPS) is 27.3. The largest absolute Gasteiger partial charge is 0.497 e. The van der Waals surface area contributed by atoms with Crippen molar-refractivity contribution in [1.29, 1.82) is 0 Å². The Hall–Kier alpha value is -5.07. The van der Waals surface area contributed by atoms with E-state index in [0.717, 1.165) is 29.7 Å². The smallest absolute Gasteiger partial charge is 0.267 e. The number of likely N-dealkylation sites (tertiary alicyclic amines) is 1. The predicted molar refractivity (Wildman–Crippen MR) is 193 cm³/mol. The van der Waals surface area contributed by atoms with E-state index in [1.54, 1.807) is 13.2 Å². The standard InChI is InChI=1S/C40H45F2N5O6/c1-52-28-14-15-30-32(19-28)44-31(25-10-7-5-8-11-25)21-34(30)53-29-20-33-36(49)45-40(38(43)51)22-27(40)13-9-4-2-3-6-12-26(37(50)47(33)23-29)18-35(48)46-17-16-39(41,42)24-46/h5,7-11,13-15,19,21,26-27,29,33H,2-4,6,12,16-18,20,22-24H2,1H3,(H2,43,51)(H,45,49)/t26-,27-,29-,33+,40-/m1/s1. The molecule has 0 radical (unpaired) electrons. The average molecular weight is 730 g/mol. The van der Waals surface area contributed by atoms with Crippen LogP contribution in [0, 0.1) is 11.8 Å². The molecule has 1 aromatic heterocycles. The minimum atomic E-state index is -2.96. The van der Waals surface area contributed by atoms with Crippen LogP contribution in [0.25, 0.3) is 22.2 Å². The van der Waals surface area contributed by atoms with Gasteiger partial charge in [0.15, 0.2) is 0 Å². The van der Waals surface area contributed by atoms with Gasteiger partial charge < -0.3 is 30.3 Å². The van der Waals surface area contributed by atoms with Gasteiger partial charge in [-0.3, -0.25) is 19.2 Å². The Kier molecular flexibility index (Phi) is 10.1. The number of carbonyl (C=O) groups excluding carboxylic acids is 4. The van der Waals surface area contributed by atoms with Crippen LogP contribution in [0.15, 0.2) is 66.7 Å². The van der Waals surface area contributed by atoms with E-state index in [2.05, 4.69) is 5.32 Å². The molecule has 0 unspecified atom stereocenters. The highest BCUT2D eigenvalue weighted by molar-refractivity contribution is 5.97. The molecule has 5 atom stereocenters. The summed E-state index contributed by atoms with van der Waals surface area (Å²) in [6.45, 7) is -0.718. The number of carbonyl (C=O) groups is 4. The van der Waals surface area contributed by atoms with Crippen LogP contribution in [-0.4, -0.2) is 88.8 Å². The monoisotopic (exact) mass is 729 g/mol. The molecule has 4 aliphatic rings. The van der Waals surface area contributed by atoms with Crippen molar-refractivity contribution in [2.75, 3.05) is 26.7 Å². The lowest BCUT2D eigenvalue weighted by atomic mass is 9.94. The van der Waals surface area contributed by atoms with Crippen LogP contribution >= 0.6 is 0 Å². The highest BCUT2D eigenvalue weighted by Crippen LogP contribution is 2.45. The summed E-state index contributed by atoms with van der Waals surface area (Å²) in [5.41, 5.74) is 6.74. The number of primary amides is 1. The molecule has 0 bridgehead atoms. The number of halogens is 2. The van der Waals surface area contributed by atoms with Crippen molar-refractivity contribution in [3.63, 3.8) is 0 Å². The topological polar surface area (TPSA) is 144 Å². The molecule has 2 aromatic carbocycles. The van der Waals surface area contributed by atoms with E-state index in [1.807, 2.05) is 60.7 Å². The highest BCUT2D eigenvalue weighted by Gasteiger charge is 2.60. The molecule has 53 heavy (non-hydrogen) atoms. The second kappa shape index (κ2) is 14.7. The van der Waals surface area contributed by atoms with Crippen molar-refractivity contribution < 1.29 is 37.4 Å². The number of rotatable bonds is 7. The van der Waals surface area contributed by atoms with Crippen LogP contribution in [-0.2, 0) is 19.2 Å². The molecule has 4 amide bonds. The number of aromatic nitrogens is 1. The lowest BCUT2D eigenvalue weighted by Crippen LogP contribution is -2.55. The number of fused-ring (bicyclic) bond motifs is 3. The Labute approximate surface area is 306 Å². The number of pyridine rings is 1. The number of methoxy groups -OCH3 is 1. The number of nitrogens with zero attached hydrogens (tertiary/aromatic N) is 3. The van der Waals surface area contributed by atoms with E-state index < -0.39 is 66.1 Å². The summed E-state index contributed by atoms with van der Waals surface area (Å²) in [4.78, 5) is 62.3. The number of nitrogens with one attached hydrogen (secondary N) is 1. The fourth-order valence-electron chi connectivity index (χ4n) is 7.95. The van der Waals surface area contributed by atoms with Gasteiger partial charge in [-0.05, 0) is 37.8 Å². The summed E-state index contributed by atoms with van der Waals surface area (Å²) in [6.07, 6.45) is 6.43. The summed E-state index contributed by atoms with van der Waals surface area (Å²) < 4.78 is 40.3. The maximum Gasteiger partial charge on any atom is 0.267 e. The van der Waals surface area contributed by atoms with Gasteiger partial charge in [-0.1, -0.05) is 55.3 Å². The molecule has 3 N–H and O–H groups in total. The van der Waals surface area contributed by atoms with Crippen molar-refractivity contribution >= 4 is 34.5 Å². The first-order valence-electron chi connectivity index (χ1n) is 18.4. The quantitative estimate of drug-likeness (QED) is 0.326. The minimum absolute atomic E-state index is 0.0247. The van der Waals surface area contributed by atoms with E-state index in [-0.39, 0.29) is 31.8 Å². The van der Waals surface area contributed by atoms with Gasteiger partial charge in [0, 0.05) is 60.7 Å². The van der Waals surface area contributed by atoms with Crippen LogP contribution in [0.5, 0.6) is 11.5 Å². The van der Waals surface area contributed by atoms with Gasteiger partial charge >= 0.3 is 0 Å². The Balaban J connectivity index is 1.21. The summed E-state index contributed by atoms with van der Waals surface area (Å²) in [6, 6.07) is 15.9. The van der Waals surface area contributed by atoms with Crippen molar-refractivity contribution in [3.8, 4) is 22.8 Å². The van der Waals surface area contributed by atoms with Gasteiger partial charge in [-0.2, -0.15) is 0 Å². The number of ether oxygens (including phenoxy) is 2. The van der Waals surface area contributed by atoms with Gasteiger partial charge in [0.05, 0.1) is 31.4 Å². The Morgan fingerprint density at radius 3 is 2.62 bits per heavy atom. The Morgan fingerprint density at radius 1 is 1.08 bits per heavy atom. The maximum atomic E-state index is 14.6. The predicted octanol–water partition coefficient (Wildman–Crippen LogP) is 5.01. The van der Waals surface area contributed by atoms with Crippen molar-refractivity contribution in [2.24, 2.45) is 17.6 Å². The van der Waals surface area contributed by atoms with E-state index in [0.29, 0.717) is 47.4 Å². The Bertz CT molecular complexity index is 1920. The van der Waals surface area contributed by atoms with Gasteiger partial charge in [-0.25, -0.2) is 13.8 Å². The van der Waals surface area contributed by atoms with E-state index in [4.69, 9.17) is 20.2 Å². The van der Waals surface area contributed by atoms with Crippen LogP contribution in [0.2, 0.25) is 0 Å². The molecule has 3 fully saturated rings. The lowest BCUT2D eigenvalue weighted by Gasteiger charge is -2.29. The van der Waals surface area contributed by atoms with E-state index >= 15 is 0 Å². The third-order valence-corrected chi connectivity index (χ3v) is 11.1. The second-order valence-electron chi connectivity index (χ2n) is 14.8. The molecule has 3 aliphatic heterocycles. The number of amides is 4. The van der Waals surface area contributed by atoms with Crippen molar-refractivity contribution in [2.45, 2.75) is 81.4 Å². The molecule has 0 spiro atoms. The SMILES string of the molecule is COc1ccc2c(O[C@@H]3C[C@H]4C(=O)N[C@]5(C(N)=O)C[C@H]5C=CCCCCC[C@H](CC(=O)N5CCC(F)(F)C5)C(=O)N4C3)cc(-c3ccccc3)nc2c1. The minimum Gasteiger partial charge on any atom is -0.497 e. The number of allylic oxidation sites excluding steroid dienone is 1. The summed E-state index contributed by atoms with van der Waals surface area (Å²) >= 11 is 0. The van der Waals surface area contributed by atoms with Crippen LogP contribution < -0.4 is 20.5 Å². The van der Waals surface area contributed by atoms with Crippen LogP contribution in [0.1, 0.15) is 57.8 Å². The highest BCUT2D eigenvalue weighted by atomic mass is 19.3. The third-order valence-electron chi connectivity index (χ3n) is 11.1. The second-order valence-corrected chi connectivity index (χ2v) is 14.8. The Morgan fingerprint density at radius 2 is 1.89 bits per heavy atom. The molecular weight excluding hydrogens is 684 g/mol. The third kappa shape index (κ3) is 7.70. The molecular formula is C40H45F2N5O6. The summed E-state index contributed by atoms with van der Waals surface area (Å²) in [5, 5.41) is 3.60. The zero-order chi connectivity index (χ0) is 37.3. The lowest BCUT2D eigenvalue weighted by molar-refractivity contribution is -0.145. The van der Waals surface area contributed by atoms with Crippen LogP contribution in [0.3, 0.4) is 0 Å². The summed E-state index contributed by atoms with van der Waals surface area (Å²) in [7, 11) is 1.57.